The second-order valence-corrected chi connectivity index (χ2v) is 15.4. The van der Waals surface area contributed by atoms with E-state index >= 15 is 0 Å². The number of hydrogen-bond acceptors (Lipinski definition) is 5. The monoisotopic (exact) mass is 601 g/mol. The molecule has 1 amide bonds. The molecule has 226 valence electrons. The maximum absolute atomic E-state index is 13.8. The van der Waals surface area contributed by atoms with Crippen LogP contribution in [0, 0.1) is 17.8 Å². The van der Waals surface area contributed by atoms with Gasteiger partial charge in [-0.2, -0.15) is 0 Å². The van der Waals surface area contributed by atoms with Crippen molar-refractivity contribution in [1.29, 1.82) is 0 Å². The van der Waals surface area contributed by atoms with Gasteiger partial charge in [-0.15, -0.1) is 0 Å². The average Bonchev–Trinajstić information content (AvgIpc) is 3.33. The summed E-state index contributed by atoms with van der Waals surface area (Å²) in [6.07, 6.45) is 6.02. The summed E-state index contributed by atoms with van der Waals surface area (Å²) in [5.41, 5.74) is 5.67. The van der Waals surface area contributed by atoms with E-state index in [9.17, 15) is 13.2 Å². The van der Waals surface area contributed by atoms with Gasteiger partial charge in [0, 0.05) is 56.1 Å². The summed E-state index contributed by atoms with van der Waals surface area (Å²) in [4.78, 5) is 21.0. The Kier molecular flexibility index (Phi) is 6.05. The van der Waals surface area contributed by atoms with Crippen molar-refractivity contribution in [2.24, 2.45) is 24.8 Å². The molecule has 2 aliphatic heterocycles. The number of aryl methyl sites for hydroxylation is 1. The number of benzene rings is 2. The SMILES string of the molecule is COc1cc(C(=O)N2C[C@H]3CC[C@@H]2[C@@H]3C)cc2nc(-c3cc4cccc(C5CN(S(C)(=O)=O)C5)c4n3CC3CC3)n(C)c12. The summed E-state index contributed by atoms with van der Waals surface area (Å²) >= 11 is 0. The minimum absolute atomic E-state index is 0.0718. The van der Waals surface area contributed by atoms with E-state index in [-0.39, 0.29) is 11.8 Å². The summed E-state index contributed by atoms with van der Waals surface area (Å²) in [5, 5.41) is 1.14. The van der Waals surface area contributed by atoms with E-state index in [2.05, 4.69) is 45.2 Å². The predicted octanol–water partition coefficient (Wildman–Crippen LogP) is 4.84. The van der Waals surface area contributed by atoms with Crippen molar-refractivity contribution in [3.8, 4) is 17.3 Å². The summed E-state index contributed by atoms with van der Waals surface area (Å²) in [7, 11) is 0.486. The van der Waals surface area contributed by atoms with Crippen molar-refractivity contribution in [3.05, 3.63) is 47.5 Å². The van der Waals surface area contributed by atoms with Gasteiger partial charge in [-0.05, 0) is 67.2 Å². The second kappa shape index (κ2) is 9.56. The van der Waals surface area contributed by atoms with Gasteiger partial charge < -0.3 is 18.8 Å². The molecule has 3 atom stereocenters. The van der Waals surface area contributed by atoms with Gasteiger partial charge in [0.05, 0.1) is 30.1 Å². The Labute approximate surface area is 252 Å². The number of sulfonamides is 1. The third-order valence-corrected chi connectivity index (χ3v) is 12.0. The van der Waals surface area contributed by atoms with Crippen LogP contribution in [0.5, 0.6) is 5.75 Å². The van der Waals surface area contributed by atoms with Crippen LogP contribution in [0.25, 0.3) is 33.5 Å². The molecule has 10 heteroatoms. The molecular weight excluding hydrogens is 562 g/mol. The summed E-state index contributed by atoms with van der Waals surface area (Å²) < 4.78 is 36.1. The van der Waals surface area contributed by atoms with Gasteiger partial charge in [0.1, 0.15) is 11.3 Å². The number of para-hydroxylation sites is 1. The number of hydrogen-bond donors (Lipinski definition) is 0. The van der Waals surface area contributed by atoms with E-state index in [1.54, 1.807) is 11.4 Å². The number of fused-ring (bicyclic) bond motifs is 4. The first kappa shape index (κ1) is 27.2. The van der Waals surface area contributed by atoms with Crippen molar-refractivity contribution in [3.63, 3.8) is 0 Å². The third-order valence-electron chi connectivity index (χ3n) is 10.8. The maximum Gasteiger partial charge on any atom is 0.254 e. The number of ether oxygens (including phenoxy) is 1. The first-order valence-electron chi connectivity index (χ1n) is 15.6. The topological polar surface area (TPSA) is 89.7 Å². The lowest BCUT2D eigenvalue weighted by molar-refractivity contribution is 0.0696. The van der Waals surface area contributed by atoms with E-state index < -0.39 is 10.0 Å². The average molecular weight is 602 g/mol. The van der Waals surface area contributed by atoms with Gasteiger partial charge in [-0.1, -0.05) is 25.1 Å². The smallest absolute Gasteiger partial charge is 0.254 e. The number of carbonyl (C=O) groups is 1. The highest BCUT2D eigenvalue weighted by Gasteiger charge is 2.46. The van der Waals surface area contributed by atoms with E-state index in [0.717, 1.165) is 47.4 Å². The summed E-state index contributed by atoms with van der Waals surface area (Å²) in [6.45, 7) is 5.05. The highest BCUT2D eigenvalue weighted by molar-refractivity contribution is 7.88. The third kappa shape index (κ3) is 4.23. The fraction of sp³-hybridized carbons (Fsp3) is 0.515. The predicted molar refractivity (Wildman–Crippen MR) is 167 cm³/mol. The van der Waals surface area contributed by atoms with Crippen LogP contribution in [0.2, 0.25) is 0 Å². The number of nitrogens with zero attached hydrogens (tertiary/aromatic N) is 5. The van der Waals surface area contributed by atoms with E-state index in [0.29, 0.717) is 48.2 Å². The van der Waals surface area contributed by atoms with Gasteiger partial charge >= 0.3 is 0 Å². The second-order valence-electron chi connectivity index (χ2n) is 13.4. The maximum atomic E-state index is 13.8. The van der Waals surface area contributed by atoms with Crippen molar-refractivity contribution in [1.82, 2.24) is 23.3 Å². The molecule has 2 bridgehead atoms. The first-order valence-corrected chi connectivity index (χ1v) is 17.4. The van der Waals surface area contributed by atoms with E-state index in [1.165, 1.54) is 36.6 Å². The molecule has 2 aromatic carbocycles. The first-order chi connectivity index (χ1) is 20.6. The molecule has 8 rings (SSSR count). The lowest BCUT2D eigenvalue weighted by Gasteiger charge is -2.38. The molecule has 0 radical (unpaired) electrons. The van der Waals surface area contributed by atoms with Gasteiger partial charge in [-0.25, -0.2) is 17.7 Å². The fourth-order valence-corrected chi connectivity index (χ4v) is 8.95. The van der Waals surface area contributed by atoms with E-state index in [1.807, 2.05) is 19.2 Å². The molecule has 2 saturated carbocycles. The van der Waals surface area contributed by atoms with Crippen molar-refractivity contribution in [2.75, 3.05) is 33.0 Å². The number of carbonyl (C=O) groups excluding carboxylic acids is 1. The van der Waals surface area contributed by atoms with Gasteiger partial charge in [0.15, 0.2) is 5.82 Å². The molecule has 4 heterocycles. The Bertz CT molecular complexity index is 1900. The molecule has 4 fully saturated rings. The zero-order chi connectivity index (χ0) is 29.8. The number of methoxy groups -OCH3 is 1. The number of likely N-dealkylation sites (tertiary alicyclic amines) is 1. The Hall–Kier alpha value is -3.37. The molecule has 43 heavy (non-hydrogen) atoms. The molecule has 0 unspecified atom stereocenters. The Morgan fingerprint density at radius 3 is 2.49 bits per heavy atom. The van der Waals surface area contributed by atoms with Crippen molar-refractivity contribution in [2.45, 2.75) is 51.1 Å². The molecular formula is C33H39N5O4S. The summed E-state index contributed by atoms with van der Waals surface area (Å²) in [5.74, 6) is 3.51. The van der Waals surface area contributed by atoms with Crippen LogP contribution >= 0.6 is 0 Å². The van der Waals surface area contributed by atoms with Crippen molar-refractivity contribution >= 4 is 37.9 Å². The number of rotatable bonds is 7. The zero-order valence-electron chi connectivity index (χ0n) is 25.3. The van der Waals surface area contributed by atoms with Gasteiger partial charge in [0.25, 0.3) is 5.91 Å². The lowest BCUT2D eigenvalue weighted by atomic mass is 9.92. The standard InChI is InChI=1S/C33H39N5O4S/c1-19-22-10-11-27(19)38(18-22)33(39)23-12-26-31(29(14-23)42-3)35(2)32(34-26)28-13-21-6-5-7-25(24-16-36(17-24)43(4,40)41)30(21)37(28)15-20-8-9-20/h5-7,12-14,19-20,22,24,27H,8-11,15-18H2,1-4H3/t19-,22-,27-/m1/s1. The minimum Gasteiger partial charge on any atom is -0.494 e. The number of amides is 1. The quantitative estimate of drug-likeness (QED) is 0.302. The molecule has 2 aromatic heterocycles. The Morgan fingerprint density at radius 2 is 1.84 bits per heavy atom. The largest absolute Gasteiger partial charge is 0.494 e. The van der Waals surface area contributed by atoms with Crippen LogP contribution in [-0.2, 0) is 23.6 Å². The molecule has 4 aromatic rings. The number of aromatic nitrogens is 3. The van der Waals surface area contributed by atoms with Crippen molar-refractivity contribution < 1.29 is 17.9 Å². The fourth-order valence-electron chi connectivity index (χ4n) is 8.05. The van der Waals surface area contributed by atoms with Crippen LogP contribution in [-0.4, -0.2) is 76.7 Å². The number of piperidine rings is 1. The van der Waals surface area contributed by atoms with E-state index in [4.69, 9.17) is 9.72 Å². The normalized spacial score (nSPS) is 24.4. The van der Waals surface area contributed by atoms with Gasteiger partial charge in [0.2, 0.25) is 10.0 Å². The lowest BCUT2D eigenvalue weighted by Crippen LogP contribution is -2.47. The van der Waals surface area contributed by atoms with Crippen LogP contribution < -0.4 is 4.74 Å². The van der Waals surface area contributed by atoms with Crippen LogP contribution in [0.1, 0.15) is 54.4 Å². The Balaban J connectivity index is 1.23. The van der Waals surface area contributed by atoms with Crippen LogP contribution in [0.15, 0.2) is 36.4 Å². The highest BCUT2D eigenvalue weighted by Crippen LogP contribution is 2.44. The molecule has 0 N–H and O–H groups in total. The highest BCUT2D eigenvalue weighted by atomic mass is 32.2. The molecule has 2 aliphatic carbocycles. The number of imidazole rings is 1. The molecule has 0 spiro atoms. The molecule has 2 saturated heterocycles. The minimum atomic E-state index is -3.19. The molecule has 4 aliphatic rings. The van der Waals surface area contributed by atoms with Crippen LogP contribution in [0.4, 0.5) is 0 Å². The molecule has 9 nitrogen and oxygen atoms in total. The van der Waals surface area contributed by atoms with Crippen LogP contribution in [0.3, 0.4) is 0 Å². The zero-order valence-corrected chi connectivity index (χ0v) is 26.1. The Morgan fingerprint density at radius 1 is 1.05 bits per heavy atom. The van der Waals surface area contributed by atoms with Gasteiger partial charge in [-0.3, -0.25) is 4.79 Å². The summed E-state index contributed by atoms with van der Waals surface area (Å²) in [6, 6.07) is 12.7.